The van der Waals surface area contributed by atoms with Gasteiger partial charge in [0.25, 0.3) is 0 Å². The second kappa shape index (κ2) is 6.57. The largest absolute Gasteiger partial charge is 0.491 e. The molecule has 1 rings (SSSR count). The quantitative estimate of drug-likeness (QED) is 0.802. The highest BCUT2D eigenvalue weighted by Crippen LogP contribution is 2.20. The number of rotatable bonds is 6. The van der Waals surface area contributed by atoms with E-state index >= 15 is 0 Å². The SMILES string of the molecule is CNC(C)(CC(C)Oc1cccc(C)c1)C(=O)OC. The van der Waals surface area contributed by atoms with Crippen LogP contribution in [0.3, 0.4) is 0 Å². The van der Waals surface area contributed by atoms with Crippen molar-refractivity contribution in [2.75, 3.05) is 14.2 Å². The Bertz CT molecular complexity index is 433. The minimum absolute atomic E-state index is 0.0988. The van der Waals surface area contributed by atoms with Gasteiger partial charge in [-0.25, -0.2) is 0 Å². The molecule has 0 saturated heterocycles. The first-order valence-electron chi connectivity index (χ1n) is 6.42. The number of hydrogen-bond donors (Lipinski definition) is 1. The van der Waals surface area contributed by atoms with Crippen LogP contribution >= 0.6 is 0 Å². The molecular formula is C15H23NO3. The summed E-state index contributed by atoms with van der Waals surface area (Å²) < 4.78 is 10.7. The molecule has 2 atom stereocenters. The first-order valence-corrected chi connectivity index (χ1v) is 6.42. The van der Waals surface area contributed by atoms with Crippen LogP contribution in [0.15, 0.2) is 24.3 Å². The van der Waals surface area contributed by atoms with E-state index in [1.54, 1.807) is 7.05 Å². The summed E-state index contributed by atoms with van der Waals surface area (Å²) in [6.45, 7) is 5.78. The van der Waals surface area contributed by atoms with Crippen LogP contribution in [0.5, 0.6) is 5.75 Å². The van der Waals surface area contributed by atoms with Crippen molar-refractivity contribution in [3.63, 3.8) is 0 Å². The zero-order valence-corrected chi connectivity index (χ0v) is 12.3. The summed E-state index contributed by atoms with van der Waals surface area (Å²) in [7, 11) is 3.14. The minimum Gasteiger partial charge on any atom is -0.491 e. The lowest BCUT2D eigenvalue weighted by atomic mass is 9.95. The maximum Gasteiger partial charge on any atom is 0.325 e. The van der Waals surface area contributed by atoms with Gasteiger partial charge in [-0.2, -0.15) is 0 Å². The summed E-state index contributed by atoms with van der Waals surface area (Å²) in [5.41, 5.74) is 0.409. The molecule has 0 aliphatic carbocycles. The summed E-state index contributed by atoms with van der Waals surface area (Å²) in [5, 5.41) is 3.00. The predicted molar refractivity (Wildman–Crippen MR) is 75.4 cm³/mol. The van der Waals surface area contributed by atoms with Crippen LogP contribution in [0.25, 0.3) is 0 Å². The molecule has 0 spiro atoms. The van der Waals surface area contributed by atoms with E-state index in [-0.39, 0.29) is 12.1 Å². The average Bonchev–Trinajstić information content (AvgIpc) is 2.37. The molecule has 1 N–H and O–H groups in total. The first-order chi connectivity index (χ1) is 8.91. The van der Waals surface area contributed by atoms with Crippen molar-refractivity contribution in [1.29, 1.82) is 0 Å². The fourth-order valence-corrected chi connectivity index (χ4v) is 2.05. The molecule has 4 nitrogen and oxygen atoms in total. The van der Waals surface area contributed by atoms with Gasteiger partial charge in [0.1, 0.15) is 11.3 Å². The number of nitrogens with one attached hydrogen (secondary N) is 1. The summed E-state index contributed by atoms with van der Waals surface area (Å²) in [5.74, 6) is 0.533. The molecule has 0 aromatic heterocycles. The van der Waals surface area contributed by atoms with Gasteiger partial charge in [-0.15, -0.1) is 0 Å². The van der Waals surface area contributed by atoms with Crippen LogP contribution in [0.4, 0.5) is 0 Å². The molecule has 0 fully saturated rings. The van der Waals surface area contributed by atoms with Crippen molar-refractivity contribution >= 4 is 5.97 Å². The topological polar surface area (TPSA) is 47.6 Å². The molecule has 0 bridgehead atoms. The molecular weight excluding hydrogens is 242 g/mol. The number of ether oxygens (including phenoxy) is 2. The third-order valence-corrected chi connectivity index (χ3v) is 3.21. The van der Waals surface area contributed by atoms with Gasteiger partial charge >= 0.3 is 5.97 Å². The highest BCUT2D eigenvalue weighted by molar-refractivity contribution is 5.80. The van der Waals surface area contributed by atoms with E-state index in [0.717, 1.165) is 11.3 Å². The lowest BCUT2D eigenvalue weighted by molar-refractivity contribution is -0.148. The summed E-state index contributed by atoms with van der Waals surface area (Å²) in [4.78, 5) is 11.8. The molecule has 0 amide bonds. The van der Waals surface area contributed by atoms with Gasteiger partial charge in [-0.3, -0.25) is 4.79 Å². The van der Waals surface area contributed by atoms with Crippen molar-refractivity contribution in [2.45, 2.75) is 38.8 Å². The normalized spacial score (nSPS) is 15.4. The van der Waals surface area contributed by atoms with Crippen molar-refractivity contribution < 1.29 is 14.3 Å². The number of carbonyl (C=O) groups excluding carboxylic acids is 1. The third-order valence-electron chi connectivity index (χ3n) is 3.21. The van der Waals surface area contributed by atoms with Crippen LogP contribution < -0.4 is 10.1 Å². The van der Waals surface area contributed by atoms with E-state index in [0.29, 0.717) is 6.42 Å². The Hall–Kier alpha value is -1.55. The number of aryl methyl sites for hydroxylation is 1. The molecule has 0 aliphatic heterocycles. The van der Waals surface area contributed by atoms with Crippen LogP contribution in [-0.4, -0.2) is 31.8 Å². The molecule has 19 heavy (non-hydrogen) atoms. The molecule has 0 aliphatic rings. The van der Waals surface area contributed by atoms with Crippen LogP contribution in [0.2, 0.25) is 0 Å². The van der Waals surface area contributed by atoms with Crippen molar-refractivity contribution in [1.82, 2.24) is 5.32 Å². The van der Waals surface area contributed by atoms with Gasteiger partial charge in [0.15, 0.2) is 0 Å². The second-order valence-electron chi connectivity index (χ2n) is 5.02. The van der Waals surface area contributed by atoms with Gasteiger partial charge in [-0.1, -0.05) is 12.1 Å². The highest BCUT2D eigenvalue weighted by Gasteiger charge is 2.34. The summed E-state index contributed by atoms with van der Waals surface area (Å²) >= 11 is 0. The van der Waals surface area contributed by atoms with Crippen molar-refractivity contribution in [3.8, 4) is 5.75 Å². The van der Waals surface area contributed by atoms with E-state index in [9.17, 15) is 4.79 Å². The lowest BCUT2D eigenvalue weighted by Gasteiger charge is -2.29. The molecule has 0 saturated carbocycles. The van der Waals surface area contributed by atoms with Crippen molar-refractivity contribution in [3.05, 3.63) is 29.8 Å². The highest BCUT2D eigenvalue weighted by atomic mass is 16.5. The Kier molecular flexibility index (Phi) is 5.36. The van der Waals surface area contributed by atoms with Crippen LogP contribution in [0.1, 0.15) is 25.8 Å². The monoisotopic (exact) mass is 265 g/mol. The zero-order chi connectivity index (χ0) is 14.5. The molecule has 0 radical (unpaired) electrons. The third kappa shape index (κ3) is 4.24. The molecule has 4 heteroatoms. The first kappa shape index (κ1) is 15.5. The number of methoxy groups -OCH3 is 1. The Morgan fingerprint density at radius 2 is 2.16 bits per heavy atom. The Labute approximate surface area is 115 Å². The van der Waals surface area contributed by atoms with E-state index in [4.69, 9.17) is 9.47 Å². The average molecular weight is 265 g/mol. The number of likely N-dealkylation sites (N-methyl/N-ethyl adjacent to an activating group) is 1. The fraction of sp³-hybridized carbons (Fsp3) is 0.533. The lowest BCUT2D eigenvalue weighted by Crippen LogP contribution is -2.50. The summed E-state index contributed by atoms with van der Waals surface area (Å²) in [6.07, 6.45) is 0.433. The van der Waals surface area contributed by atoms with Gasteiger partial charge in [0.2, 0.25) is 0 Å². The fourth-order valence-electron chi connectivity index (χ4n) is 2.05. The molecule has 2 unspecified atom stereocenters. The Morgan fingerprint density at radius 1 is 1.47 bits per heavy atom. The van der Waals surface area contributed by atoms with Crippen LogP contribution in [0, 0.1) is 6.92 Å². The van der Waals surface area contributed by atoms with Gasteiger partial charge in [0, 0.05) is 6.42 Å². The number of esters is 1. The standard InChI is InChI=1S/C15H23NO3/c1-11-7-6-8-13(9-11)19-12(2)10-15(3,16-4)14(17)18-5/h6-9,12,16H,10H2,1-5H3. The number of benzene rings is 1. The van der Waals surface area contributed by atoms with Gasteiger partial charge < -0.3 is 14.8 Å². The Morgan fingerprint density at radius 3 is 2.68 bits per heavy atom. The second-order valence-corrected chi connectivity index (χ2v) is 5.02. The van der Waals surface area contributed by atoms with E-state index in [2.05, 4.69) is 5.32 Å². The molecule has 106 valence electrons. The van der Waals surface area contributed by atoms with Crippen molar-refractivity contribution in [2.24, 2.45) is 0 Å². The molecule has 1 aromatic carbocycles. The number of carbonyl (C=O) groups is 1. The maximum absolute atomic E-state index is 11.8. The Balaban J connectivity index is 2.68. The van der Waals surface area contributed by atoms with Crippen LogP contribution in [-0.2, 0) is 9.53 Å². The molecule has 1 aromatic rings. The smallest absolute Gasteiger partial charge is 0.325 e. The molecule has 0 heterocycles. The maximum atomic E-state index is 11.8. The summed E-state index contributed by atoms with van der Waals surface area (Å²) in [6, 6.07) is 7.86. The minimum atomic E-state index is -0.738. The van der Waals surface area contributed by atoms with Gasteiger partial charge in [-0.05, 0) is 45.5 Å². The van der Waals surface area contributed by atoms with E-state index < -0.39 is 5.54 Å². The van der Waals surface area contributed by atoms with Gasteiger partial charge in [0.05, 0.1) is 13.2 Å². The predicted octanol–water partition coefficient (Wildman–Crippen LogP) is 2.30. The zero-order valence-electron chi connectivity index (χ0n) is 12.3. The number of hydrogen-bond acceptors (Lipinski definition) is 4. The van der Waals surface area contributed by atoms with E-state index in [1.807, 2.05) is 45.0 Å². The van der Waals surface area contributed by atoms with E-state index in [1.165, 1.54) is 7.11 Å².